The summed E-state index contributed by atoms with van der Waals surface area (Å²) in [6.45, 7) is 0. The van der Waals surface area contributed by atoms with E-state index in [2.05, 4.69) is 49.7 Å². The lowest BCUT2D eigenvalue weighted by molar-refractivity contribution is 1.08. The minimum absolute atomic E-state index is 0.750. The van der Waals surface area contributed by atoms with Gasteiger partial charge in [0.1, 0.15) is 11.6 Å². The minimum atomic E-state index is 0.750. The average molecular weight is 364 g/mol. The number of aromatic nitrogens is 3. The Kier molecular flexibility index (Phi) is 3.14. The van der Waals surface area contributed by atoms with Gasteiger partial charge in [-0.1, -0.05) is 12.1 Å². The fraction of sp³-hybridized carbons (Fsp3) is 0.143. The first-order chi connectivity index (χ1) is 9.13. The van der Waals surface area contributed by atoms with Crippen molar-refractivity contribution in [2.75, 3.05) is 19.0 Å². The van der Waals surface area contributed by atoms with Gasteiger partial charge < -0.3 is 9.88 Å². The van der Waals surface area contributed by atoms with Gasteiger partial charge in [-0.15, -0.1) is 0 Å². The highest BCUT2D eigenvalue weighted by Gasteiger charge is 2.08. The third-order valence-corrected chi connectivity index (χ3v) is 3.56. The first-order valence-electron chi connectivity index (χ1n) is 5.93. The molecule has 96 valence electrons. The number of benzene rings is 1. The molecule has 3 rings (SSSR count). The number of rotatable bonds is 2. The number of hydrogen-bond donors (Lipinski definition) is 1. The summed E-state index contributed by atoms with van der Waals surface area (Å²) in [5, 5.41) is 0. The number of imidazole rings is 1. The summed E-state index contributed by atoms with van der Waals surface area (Å²) >= 11 is 2.30. The largest absolute Gasteiger partial charge is 0.363 e. The van der Waals surface area contributed by atoms with E-state index in [1.165, 1.54) is 3.57 Å². The van der Waals surface area contributed by atoms with Crippen molar-refractivity contribution < 1.29 is 0 Å². The Hall–Kier alpha value is -1.63. The number of hydrogen-bond acceptors (Lipinski definition) is 3. The number of aromatic amines is 1. The van der Waals surface area contributed by atoms with E-state index in [1.807, 2.05) is 43.3 Å². The van der Waals surface area contributed by atoms with Crippen LogP contribution >= 0.6 is 22.6 Å². The van der Waals surface area contributed by atoms with Crippen molar-refractivity contribution in [3.63, 3.8) is 0 Å². The zero-order chi connectivity index (χ0) is 13.4. The van der Waals surface area contributed by atoms with E-state index in [9.17, 15) is 0 Å². The number of fused-ring (bicyclic) bond motifs is 1. The van der Waals surface area contributed by atoms with Crippen molar-refractivity contribution in [3.8, 4) is 11.4 Å². The summed E-state index contributed by atoms with van der Waals surface area (Å²) in [4.78, 5) is 14.4. The molecule has 0 aliphatic heterocycles. The predicted molar refractivity (Wildman–Crippen MR) is 86.4 cm³/mol. The Morgan fingerprint density at radius 2 is 1.95 bits per heavy atom. The van der Waals surface area contributed by atoms with Crippen molar-refractivity contribution in [1.82, 2.24) is 15.0 Å². The lowest BCUT2D eigenvalue weighted by Crippen LogP contribution is -2.10. The maximum Gasteiger partial charge on any atom is 0.180 e. The molecule has 1 aromatic carbocycles. The molecule has 0 atom stereocenters. The minimum Gasteiger partial charge on any atom is -0.363 e. The van der Waals surface area contributed by atoms with Gasteiger partial charge in [-0.05, 0) is 46.9 Å². The fourth-order valence-electron chi connectivity index (χ4n) is 1.90. The molecule has 2 aromatic heterocycles. The van der Waals surface area contributed by atoms with Crippen LogP contribution in [0.4, 0.5) is 5.82 Å². The van der Waals surface area contributed by atoms with Crippen LogP contribution in [-0.2, 0) is 0 Å². The van der Waals surface area contributed by atoms with Crippen molar-refractivity contribution in [2.24, 2.45) is 0 Å². The van der Waals surface area contributed by atoms with E-state index in [1.54, 1.807) is 0 Å². The summed E-state index contributed by atoms with van der Waals surface area (Å²) in [6, 6.07) is 12.2. The highest BCUT2D eigenvalue weighted by atomic mass is 127. The Morgan fingerprint density at radius 1 is 1.11 bits per heavy atom. The van der Waals surface area contributed by atoms with Crippen LogP contribution in [0.15, 0.2) is 36.4 Å². The van der Waals surface area contributed by atoms with Crippen molar-refractivity contribution in [3.05, 3.63) is 40.0 Å². The summed E-state index contributed by atoms with van der Waals surface area (Å²) in [7, 11) is 3.95. The van der Waals surface area contributed by atoms with E-state index in [0.29, 0.717) is 0 Å². The van der Waals surface area contributed by atoms with Crippen molar-refractivity contribution >= 4 is 39.6 Å². The van der Waals surface area contributed by atoms with E-state index in [4.69, 9.17) is 0 Å². The molecule has 0 aliphatic rings. The Bertz CT molecular complexity index is 733. The van der Waals surface area contributed by atoms with Crippen LogP contribution in [0.1, 0.15) is 0 Å². The lowest BCUT2D eigenvalue weighted by atomic mass is 10.2. The van der Waals surface area contributed by atoms with Crippen LogP contribution < -0.4 is 4.90 Å². The normalized spacial score (nSPS) is 10.9. The third kappa shape index (κ3) is 2.42. The van der Waals surface area contributed by atoms with Crippen LogP contribution in [-0.4, -0.2) is 29.0 Å². The van der Waals surface area contributed by atoms with Gasteiger partial charge in [0.2, 0.25) is 0 Å². The summed E-state index contributed by atoms with van der Waals surface area (Å²) in [5.74, 6) is 1.77. The molecule has 0 amide bonds. The van der Waals surface area contributed by atoms with Gasteiger partial charge in [-0.3, -0.25) is 0 Å². The van der Waals surface area contributed by atoms with Gasteiger partial charge in [-0.2, -0.15) is 0 Å². The van der Waals surface area contributed by atoms with E-state index >= 15 is 0 Å². The van der Waals surface area contributed by atoms with Crippen LogP contribution in [0.3, 0.4) is 0 Å². The molecule has 0 fully saturated rings. The van der Waals surface area contributed by atoms with Gasteiger partial charge in [0.05, 0.1) is 5.52 Å². The quantitative estimate of drug-likeness (QED) is 0.710. The van der Waals surface area contributed by atoms with Gasteiger partial charge in [-0.25, -0.2) is 9.97 Å². The summed E-state index contributed by atoms with van der Waals surface area (Å²) in [6.07, 6.45) is 0. The Labute approximate surface area is 125 Å². The maximum atomic E-state index is 4.57. The second-order valence-electron chi connectivity index (χ2n) is 4.53. The molecule has 19 heavy (non-hydrogen) atoms. The standard InChI is InChI=1S/C14H13IN4/c1-19(2)12-7-6-11-14(17-12)18-13(16-11)9-4-3-5-10(15)8-9/h3-8H,1-2H3,(H,16,17,18). The molecule has 5 heteroatoms. The number of H-pyrrole nitrogens is 1. The van der Waals surface area contributed by atoms with E-state index in [-0.39, 0.29) is 0 Å². The highest BCUT2D eigenvalue weighted by Crippen LogP contribution is 2.22. The molecular formula is C14H13IN4. The molecule has 0 radical (unpaired) electrons. The molecule has 3 aromatic rings. The van der Waals surface area contributed by atoms with Crippen LogP contribution in [0.2, 0.25) is 0 Å². The second kappa shape index (κ2) is 4.80. The Morgan fingerprint density at radius 3 is 2.68 bits per heavy atom. The number of anilines is 1. The number of nitrogens with zero attached hydrogens (tertiary/aromatic N) is 3. The molecule has 1 N–H and O–H groups in total. The zero-order valence-corrected chi connectivity index (χ0v) is 12.8. The number of nitrogens with one attached hydrogen (secondary N) is 1. The van der Waals surface area contributed by atoms with Crippen LogP contribution in [0.5, 0.6) is 0 Å². The molecular weight excluding hydrogens is 351 g/mol. The van der Waals surface area contributed by atoms with Gasteiger partial charge >= 0.3 is 0 Å². The Balaban J connectivity index is 2.11. The van der Waals surface area contributed by atoms with E-state index in [0.717, 1.165) is 28.4 Å². The number of pyridine rings is 1. The summed E-state index contributed by atoms with van der Waals surface area (Å²) < 4.78 is 1.19. The first-order valence-corrected chi connectivity index (χ1v) is 7.01. The maximum absolute atomic E-state index is 4.57. The SMILES string of the molecule is CN(C)c1ccc2[nH]c(-c3cccc(I)c3)nc2n1. The van der Waals surface area contributed by atoms with Gasteiger partial charge in [0.25, 0.3) is 0 Å². The molecule has 0 saturated carbocycles. The molecule has 0 unspecified atom stereocenters. The monoisotopic (exact) mass is 364 g/mol. The fourth-order valence-corrected chi connectivity index (χ4v) is 2.45. The molecule has 0 aliphatic carbocycles. The predicted octanol–water partition coefficient (Wildman–Crippen LogP) is 3.30. The first kappa shape index (κ1) is 12.4. The third-order valence-electron chi connectivity index (χ3n) is 2.89. The molecule has 2 heterocycles. The second-order valence-corrected chi connectivity index (χ2v) is 5.78. The van der Waals surface area contributed by atoms with Gasteiger partial charge in [0, 0.05) is 23.2 Å². The summed E-state index contributed by atoms with van der Waals surface area (Å²) in [5.41, 5.74) is 2.79. The smallest absolute Gasteiger partial charge is 0.180 e. The number of halogens is 1. The highest BCUT2D eigenvalue weighted by molar-refractivity contribution is 14.1. The van der Waals surface area contributed by atoms with Gasteiger partial charge in [0.15, 0.2) is 5.65 Å². The molecule has 0 spiro atoms. The lowest BCUT2D eigenvalue weighted by Gasteiger charge is -2.09. The molecule has 0 saturated heterocycles. The van der Waals surface area contributed by atoms with Crippen molar-refractivity contribution in [1.29, 1.82) is 0 Å². The zero-order valence-electron chi connectivity index (χ0n) is 10.7. The topological polar surface area (TPSA) is 44.8 Å². The van der Waals surface area contributed by atoms with Crippen LogP contribution in [0, 0.1) is 3.57 Å². The molecule has 0 bridgehead atoms. The average Bonchev–Trinajstić information content (AvgIpc) is 2.81. The van der Waals surface area contributed by atoms with Crippen LogP contribution in [0.25, 0.3) is 22.6 Å². The molecule has 4 nitrogen and oxygen atoms in total. The van der Waals surface area contributed by atoms with Crippen molar-refractivity contribution in [2.45, 2.75) is 0 Å². The van der Waals surface area contributed by atoms with E-state index < -0.39 is 0 Å².